The van der Waals surface area contributed by atoms with Crippen LogP contribution in [0.15, 0.2) is 12.1 Å². The zero-order valence-electron chi connectivity index (χ0n) is 10.6. The van der Waals surface area contributed by atoms with Crippen LogP contribution in [-0.4, -0.2) is 10.2 Å². The second-order valence-corrected chi connectivity index (χ2v) is 6.05. The molecule has 0 atom stereocenters. The minimum atomic E-state index is -0.398. The average Bonchev–Trinajstić information content (AvgIpc) is 2.35. The molecule has 3 heteroatoms. The lowest BCUT2D eigenvalue weighted by Crippen LogP contribution is -2.13. The molecule has 17 heavy (non-hydrogen) atoms. The van der Waals surface area contributed by atoms with Crippen LogP contribution in [0.2, 0.25) is 6.04 Å². The predicted molar refractivity (Wildman–Crippen MR) is 70.5 cm³/mol. The van der Waals surface area contributed by atoms with Crippen LogP contribution in [0.1, 0.15) is 42.7 Å². The van der Waals surface area contributed by atoms with E-state index in [0.717, 1.165) is 24.3 Å². The Morgan fingerprint density at radius 3 is 2.12 bits per heavy atom. The summed E-state index contributed by atoms with van der Waals surface area (Å²) in [4.78, 5) is 0. The van der Waals surface area contributed by atoms with Crippen LogP contribution in [-0.2, 0) is 0 Å². The average molecular weight is 254 g/mol. The van der Waals surface area contributed by atoms with E-state index in [4.69, 9.17) is 0 Å². The molecule has 0 bridgehead atoms. The lowest BCUT2D eigenvalue weighted by Gasteiger charge is -2.28. The molecular formula is C14H20F2Si. The van der Waals surface area contributed by atoms with E-state index in [-0.39, 0.29) is 5.56 Å². The lowest BCUT2D eigenvalue weighted by molar-refractivity contribution is 0.347. The largest absolute Gasteiger partial charge is 0.207 e. The van der Waals surface area contributed by atoms with Crippen molar-refractivity contribution in [3.8, 4) is 0 Å². The SMILES string of the molecule is Cc1c(F)cc(C2CCC(C[SiH3])CC2)cc1F. The first-order chi connectivity index (χ1) is 8.11. The van der Waals surface area contributed by atoms with Crippen molar-refractivity contribution < 1.29 is 8.78 Å². The topological polar surface area (TPSA) is 0 Å². The molecule has 0 nitrogen and oxygen atoms in total. The van der Waals surface area contributed by atoms with Crippen molar-refractivity contribution >= 4 is 10.2 Å². The van der Waals surface area contributed by atoms with Gasteiger partial charge < -0.3 is 0 Å². The van der Waals surface area contributed by atoms with E-state index in [1.54, 1.807) is 0 Å². The van der Waals surface area contributed by atoms with Crippen molar-refractivity contribution in [1.82, 2.24) is 0 Å². The normalized spacial score (nSPS) is 25.1. The van der Waals surface area contributed by atoms with Crippen molar-refractivity contribution in [2.45, 2.75) is 44.6 Å². The fraction of sp³-hybridized carbons (Fsp3) is 0.571. The molecule has 0 amide bonds. The number of hydrogen-bond donors (Lipinski definition) is 0. The zero-order chi connectivity index (χ0) is 12.4. The Balaban J connectivity index is 2.13. The Bertz CT molecular complexity index is 372. The minimum Gasteiger partial charge on any atom is -0.207 e. The van der Waals surface area contributed by atoms with Gasteiger partial charge in [-0.05, 0) is 49.3 Å². The zero-order valence-corrected chi connectivity index (χ0v) is 12.6. The Labute approximate surface area is 105 Å². The van der Waals surface area contributed by atoms with Crippen LogP contribution in [0.4, 0.5) is 8.78 Å². The highest BCUT2D eigenvalue weighted by molar-refractivity contribution is 6.08. The van der Waals surface area contributed by atoms with E-state index in [9.17, 15) is 8.78 Å². The fourth-order valence-corrected chi connectivity index (χ4v) is 3.62. The summed E-state index contributed by atoms with van der Waals surface area (Å²) in [5.74, 6) is 0.442. The smallest absolute Gasteiger partial charge is 0.129 e. The molecule has 94 valence electrons. The van der Waals surface area contributed by atoms with E-state index in [1.807, 2.05) is 0 Å². The summed E-state index contributed by atoms with van der Waals surface area (Å²) in [6.45, 7) is 1.49. The van der Waals surface area contributed by atoms with Gasteiger partial charge in [-0.15, -0.1) is 0 Å². The third-order valence-electron chi connectivity index (χ3n) is 4.20. The van der Waals surface area contributed by atoms with Crippen LogP contribution in [0, 0.1) is 24.5 Å². The molecule has 1 aromatic rings. The third-order valence-corrected chi connectivity index (χ3v) is 5.35. The second-order valence-electron chi connectivity index (χ2n) is 5.24. The van der Waals surface area contributed by atoms with Gasteiger partial charge in [-0.25, -0.2) is 8.78 Å². The molecule has 0 saturated heterocycles. The maximum atomic E-state index is 13.5. The number of rotatable bonds is 2. The summed E-state index contributed by atoms with van der Waals surface area (Å²) in [5.41, 5.74) is 0.999. The first kappa shape index (κ1) is 12.7. The molecule has 0 heterocycles. The van der Waals surface area contributed by atoms with Gasteiger partial charge in [0.05, 0.1) is 0 Å². The third kappa shape index (κ3) is 2.76. The highest BCUT2D eigenvalue weighted by Gasteiger charge is 2.22. The van der Waals surface area contributed by atoms with Crippen LogP contribution in [0.25, 0.3) is 0 Å². The summed E-state index contributed by atoms with van der Waals surface area (Å²) in [6, 6.07) is 4.43. The van der Waals surface area contributed by atoms with Gasteiger partial charge in [0.25, 0.3) is 0 Å². The monoisotopic (exact) mass is 254 g/mol. The van der Waals surface area contributed by atoms with E-state index in [2.05, 4.69) is 0 Å². The van der Waals surface area contributed by atoms with Gasteiger partial charge in [-0.1, -0.05) is 18.9 Å². The lowest BCUT2D eigenvalue weighted by atomic mass is 9.79. The molecule has 2 rings (SSSR count). The molecule has 1 aliphatic carbocycles. The number of halogens is 2. The van der Waals surface area contributed by atoms with Gasteiger partial charge in [0.2, 0.25) is 0 Å². The maximum absolute atomic E-state index is 13.5. The predicted octanol–water partition coefficient (Wildman–Crippen LogP) is 3.33. The molecule has 1 aliphatic rings. The fourth-order valence-electron chi connectivity index (χ4n) is 2.80. The van der Waals surface area contributed by atoms with E-state index >= 15 is 0 Å². The number of benzene rings is 1. The van der Waals surface area contributed by atoms with Gasteiger partial charge in [-0.2, -0.15) is 0 Å². The molecule has 0 N–H and O–H groups in total. The quantitative estimate of drug-likeness (QED) is 0.710. The minimum absolute atomic E-state index is 0.141. The van der Waals surface area contributed by atoms with Crippen molar-refractivity contribution in [3.05, 3.63) is 34.9 Å². The molecule has 0 radical (unpaired) electrons. The van der Waals surface area contributed by atoms with E-state index in [1.165, 1.54) is 48.2 Å². The first-order valence-electron chi connectivity index (χ1n) is 6.57. The second kappa shape index (κ2) is 5.30. The molecule has 1 aromatic carbocycles. The van der Waals surface area contributed by atoms with Crippen LogP contribution >= 0.6 is 0 Å². The van der Waals surface area contributed by atoms with Gasteiger partial charge in [-0.3, -0.25) is 0 Å². The highest BCUT2D eigenvalue weighted by Crippen LogP contribution is 2.37. The molecule has 1 saturated carbocycles. The number of hydrogen-bond acceptors (Lipinski definition) is 0. The standard InChI is InChI=1S/C14H20F2Si/c1-9-13(15)6-12(7-14(9)16)11-4-2-10(8-17)3-5-11/h6-7,10-11H,2-5,8H2,1,17H3. The summed E-state index contributed by atoms with van der Waals surface area (Å²) in [7, 11) is 1.27. The molecule has 0 unspecified atom stereocenters. The van der Waals surface area contributed by atoms with Crippen LogP contribution in [0.5, 0.6) is 0 Å². The summed E-state index contributed by atoms with van der Waals surface area (Å²) in [5, 5.41) is 0. The summed E-state index contributed by atoms with van der Waals surface area (Å²) < 4.78 is 27.0. The van der Waals surface area contributed by atoms with Crippen LogP contribution < -0.4 is 0 Å². The maximum Gasteiger partial charge on any atom is 0.129 e. The highest BCUT2D eigenvalue weighted by atomic mass is 28.1. The Kier molecular flexibility index (Phi) is 3.97. The Hall–Kier alpha value is -0.703. The summed E-state index contributed by atoms with van der Waals surface area (Å²) in [6.07, 6.45) is 4.64. The Morgan fingerprint density at radius 2 is 1.65 bits per heavy atom. The molecule has 1 fully saturated rings. The van der Waals surface area contributed by atoms with Gasteiger partial charge >= 0.3 is 0 Å². The van der Waals surface area contributed by atoms with Crippen molar-refractivity contribution in [2.75, 3.05) is 0 Å². The molecule has 0 aromatic heterocycles. The van der Waals surface area contributed by atoms with Crippen LogP contribution in [0.3, 0.4) is 0 Å². The molecular weight excluding hydrogens is 234 g/mol. The first-order valence-corrected chi connectivity index (χ1v) is 7.98. The van der Waals surface area contributed by atoms with Crippen molar-refractivity contribution in [2.24, 2.45) is 5.92 Å². The Morgan fingerprint density at radius 1 is 1.12 bits per heavy atom. The van der Waals surface area contributed by atoms with E-state index in [0.29, 0.717) is 5.92 Å². The van der Waals surface area contributed by atoms with Crippen molar-refractivity contribution in [1.29, 1.82) is 0 Å². The summed E-state index contributed by atoms with van der Waals surface area (Å²) >= 11 is 0. The molecule has 0 spiro atoms. The van der Waals surface area contributed by atoms with E-state index < -0.39 is 11.6 Å². The molecule has 0 aliphatic heterocycles. The van der Waals surface area contributed by atoms with Gasteiger partial charge in [0.15, 0.2) is 0 Å². The van der Waals surface area contributed by atoms with Crippen molar-refractivity contribution in [3.63, 3.8) is 0 Å². The van der Waals surface area contributed by atoms with Gasteiger partial charge in [0, 0.05) is 15.8 Å². The van der Waals surface area contributed by atoms with Gasteiger partial charge in [0.1, 0.15) is 11.6 Å².